The number of hydrogen-bond acceptors (Lipinski definition) is 0. The molecular formula is C48H82. The molecule has 0 bridgehead atoms. The molecule has 274 valence electrons. The zero-order chi connectivity index (χ0) is 33.7. The zero-order valence-corrected chi connectivity index (χ0v) is 33.7. The van der Waals surface area contributed by atoms with Crippen molar-refractivity contribution in [2.75, 3.05) is 0 Å². The van der Waals surface area contributed by atoms with Crippen LogP contribution in [-0.2, 0) is 0 Å². The lowest BCUT2D eigenvalue weighted by Gasteiger charge is -2.61. The molecular weight excluding hydrogens is 577 g/mol. The first-order valence-corrected chi connectivity index (χ1v) is 23.0. The van der Waals surface area contributed by atoms with Crippen LogP contribution in [0.4, 0.5) is 0 Å². The summed E-state index contributed by atoms with van der Waals surface area (Å²) < 4.78 is 0. The van der Waals surface area contributed by atoms with E-state index in [1.807, 2.05) is 0 Å². The van der Waals surface area contributed by atoms with E-state index in [1.165, 1.54) is 32.1 Å². The van der Waals surface area contributed by atoms with Gasteiger partial charge in [-0.15, -0.1) is 0 Å². The van der Waals surface area contributed by atoms with Gasteiger partial charge in [0, 0.05) is 0 Å². The van der Waals surface area contributed by atoms with Crippen LogP contribution in [0.5, 0.6) is 0 Å². The van der Waals surface area contributed by atoms with Gasteiger partial charge in [0.1, 0.15) is 0 Å². The summed E-state index contributed by atoms with van der Waals surface area (Å²) >= 11 is 0. The maximum atomic E-state index is 2.79. The van der Waals surface area contributed by atoms with E-state index in [2.05, 4.69) is 62.3 Å². The molecule has 8 aliphatic carbocycles. The molecule has 48 heavy (non-hydrogen) atoms. The predicted octanol–water partition coefficient (Wildman–Crippen LogP) is 14.1. The lowest BCUT2D eigenvalue weighted by atomic mass is 9.44. The number of fused-ring (bicyclic) bond motifs is 12. The van der Waals surface area contributed by atoms with Crippen LogP contribution in [0.2, 0.25) is 0 Å². The fraction of sp³-hybridized carbons (Fsp3) is 1.00. The lowest BCUT2D eigenvalue weighted by molar-refractivity contribution is -0.124. The molecule has 0 heteroatoms. The van der Waals surface area contributed by atoms with Gasteiger partial charge >= 0.3 is 0 Å². The molecule has 8 fully saturated rings. The summed E-state index contributed by atoms with van der Waals surface area (Å²) in [5.41, 5.74) is 1.67. The molecule has 0 saturated heterocycles. The highest BCUT2D eigenvalue weighted by molar-refractivity contribution is 5.19. The second-order valence-corrected chi connectivity index (χ2v) is 22.2. The molecule has 0 radical (unpaired) electrons. The molecule has 0 amide bonds. The Morgan fingerprint density at radius 3 is 1.69 bits per heavy atom. The Labute approximate surface area is 300 Å². The van der Waals surface area contributed by atoms with Gasteiger partial charge < -0.3 is 0 Å². The van der Waals surface area contributed by atoms with E-state index < -0.39 is 0 Å². The molecule has 0 N–H and O–H groups in total. The standard InChI is InChI=1S/C48H82/c1-10-46(8,11-2)36-26-37(47(9,12-3)13-4)28-48(27-36)41-19-18-34-24-35-23-32-16-14-15-17-33(32)25-38(35)43(34)44(41)40-22-31(7)42-30(6)20-29(5)21-39(42)45(40)48/h29-45H,10-28H2,1-9H3. The molecule has 8 rings (SSSR count). The van der Waals surface area contributed by atoms with Crippen LogP contribution in [0.1, 0.15) is 184 Å². The summed E-state index contributed by atoms with van der Waals surface area (Å²) in [6, 6.07) is 0. The highest BCUT2D eigenvalue weighted by atomic mass is 14.8. The molecule has 0 aromatic rings. The Morgan fingerprint density at radius 2 is 1.06 bits per heavy atom. The first-order chi connectivity index (χ1) is 23.0. The van der Waals surface area contributed by atoms with Gasteiger partial charge in [0.2, 0.25) is 0 Å². The number of rotatable bonds is 6. The Balaban J connectivity index is 1.26. The molecule has 17 atom stereocenters. The summed E-state index contributed by atoms with van der Waals surface area (Å²) in [6.07, 6.45) is 29.6. The van der Waals surface area contributed by atoms with Gasteiger partial charge in [0.25, 0.3) is 0 Å². The summed E-state index contributed by atoms with van der Waals surface area (Å²) in [6.45, 7) is 24.0. The van der Waals surface area contributed by atoms with Crippen molar-refractivity contribution in [1.29, 1.82) is 0 Å². The van der Waals surface area contributed by atoms with Crippen LogP contribution in [-0.4, -0.2) is 0 Å². The average molecular weight is 659 g/mol. The maximum absolute atomic E-state index is 2.79. The summed E-state index contributed by atoms with van der Waals surface area (Å²) in [4.78, 5) is 0. The Bertz CT molecular complexity index is 1100. The zero-order valence-electron chi connectivity index (χ0n) is 33.7. The van der Waals surface area contributed by atoms with Gasteiger partial charge in [-0.05, 0) is 187 Å². The van der Waals surface area contributed by atoms with Crippen molar-refractivity contribution in [3.05, 3.63) is 0 Å². The van der Waals surface area contributed by atoms with E-state index in [1.54, 1.807) is 89.9 Å². The third-order valence-corrected chi connectivity index (χ3v) is 21.0. The first-order valence-electron chi connectivity index (χ1n) is 23.0. The Kier molecular flexibility index (Phi) is 9.38. The van der Waals surface area contributed by atoms with Gasteiger partial charge in [-0.2, -0.15) is 0 Å². The van der Waals surface area contributed by atoms with Crippen LogP contribution in [0.25, 0.3) is 0 Å². The summed E-state index contributed by atoms with van der Waals surface area (Å²) in [7, 11) is 0. The minimum Gasteiger partial charge on any atom is -0.0649 e. The van der Waals surface area contributed by atoms with Crippen molar-refractivity contribution >= 4 is 0 Å². The third-order valence-electron chi connectivity index (χ3n) is 21.0. The van der Waals surface area contributed by atoms with Crippen molar-refractivity contribution < 1.29 is 0 Å². The molecule has 8 saturated carbocycles. The quantitative estimate of drug-likeness (QED) is 0.266. The largest absolute Gasteiger partial charge is 0.0649 e. The maximum Gasteiger partial charge on any atom is -0.0227 e. The molecule has 0 nitrogen and oxygen atoms in total. The van der Waals surface area contributed by atoms with E-state index in [-0.39, 0.29) is 0 Å². The van der Waals surface area contributed by atoms with Crippen molar-refractivity contribution in [3.8, 4) is 0 Å². The predicted molar refractivity (Wildman–Crippen MR) is 205 cm³/mol. The van der Waals surface area contributed by atoms with E-state index in [9.17, 15) is 0 Å². The molecule has 1 spiro atoms. The van der Waals surface area contributed by atoms with E-state index in [0.29, 0.717) is 16.2 Å². The minimum absolute atomic E-state index is 0.519. The van der Waals surface area contributed by atoms with E-state index >= 15 is 0 Å². The second-order valence-electron chi connectivity index (χ2n) is 22.2. The smallest absolute Gasteiger partial charge is 0.0227 e. The first kappa shape index (κ1) is 35.1. The van der Waals surface area contributed by atoms with Gasteiger partial charge in [0.15, 0.2) is 0 Å². The molecule has 17 unspecified atom stereocenters. The molecule has 0 aliphatic heterocycles. The monoisotopic (exact) mass is 659 g/mol. The average Bonchev–Trinajstić information content (AvgIpc) is 3.57. The van der Waals surface area contributed by atoms with Gasteiger partial charge in [-0.3, -0.25) is 0 Å². The fourth-order valence-corrected chi connectivity index (χ4v) is 18.3. The molecule has 8 aliphatic rings. The summed E-state index contributed by atoms with van der Waals surface area (Å²) in [5.74, 6) is 17.6. The fourth-order valence-electron chi connectivity index (χ4n) is 18.3. The normalized spacial score (nSPS) is 53.3. The highest BCUT2D eigenvalue weighted by Crippen LogP contribution is 2.78. The minimum atomic E-state index is 0.519. The van der Waals surface area contributed by atoms with Crippen LogP contribution < -0.4 is 0 Å². The second kappa shape index (κ2) is 12.8. The van der Waals surface area contributed by atoms with Crippen LogP contribution in [0, 0.1) is 117 Å². The molecule has 0 heterocycles. The van der Waals surface area contributed by atoms with Crippen LogP contribution in [0.3, 0.4) is 0 Å². The van der Waals surface area contributed by atoms with E-state index in [4.69, 9.17) is 0 Å². The van der Waals surface area contributed by atoms with Crippen molar-refractivity contribution in [1.82, 2.24) is 0 Å². The third kappa shape index (κ3) is 5.19. The van der Waals surface area contributed by atoms with Crippen LogP contribution >= 0.6 is 0 Å². The van der Waals surface area contributed by atoms with Crippen molar-refractivity contribution in [3.63, 3.8) is 0 Å². The van der Waals surface area contributed by atoms with Crippen molar-refractivity contribution in [2.24, 2.45) is 117 Å². The van der Waals surface area contributed by atoms with Crippen molar-refractivity contribution in [2.45, 2.75) is 184 Å². The highest BCUT2D eigenvalue weighted by Gasteiger charge is 2.71. The topological polar surface area (TPSA) is 0 Å². The number of hydrogen-bond donors (Lipinski definition) is 0. The van der Waals surface area contributed by atoms with Gasteiger partial charge in [-0.1, -0.05) is 114 Å². The lowest BCUT2D eigenvalue weighted by Crippen LogP contribution is -2.54. The Morgan fingerprint density at radius 1 is 0.500 bits per heavy atom. The SMILES string of the molecule is CCC(C)(CC)C1CC(C(C)(CC)CC)CC2(C1)C1CCC3CC4CC5CCCCC5CC4C3C1C1CC(C)C3C(C)CC(C)CC3C12. The molecule has 0 aromatic carbocycles. The van der Waals surface area contributed by atoms with E-state index in [0.717, 1.165) is 101 Å². The molecule has 0 aromatic heterocycles. The van der Waals surface area contributed by atoms with Gasteiger partial charge in [0.05, 0.1) is 0 Å². The van der Waals surface area contributed by atoms with Crippen LogP contribution in [0.15, 0.2) is 0 Å². The Hall–Kier alpha value is 0. The van der Waals surface area contributed by atoms with Gasteiger partial charge in [-0.25, -0.2) is 0 Å². The summed E-state index contributed by atoms with van der Waals surface area (Å²) in [5, 5.41) is 0.